The fourth-order valence-corrected chi connectivity index (χ4v) is 2.50. The van der Waals surface area contributed by atoms with Crippen molar-refractivity contribution in [2.75, 3.05) is 12.4 Å². The predicted molar refractivity (Wildman–Crippen MR) is 90.1 cm³/mol. The lowest BCUT2D eigenvalue weighted by atomic mass is 10.1. The summed E-state index contributed by atoms with van der Waals surface area (Å²) in [5.74, 6) is 0.896. The summed E-state index contributed by atoms with van der Waals surface area (Å²) in [6.07, 6.45) is -4.54. The van der Waals surface area contributed by atoms with Crippen molar-refractivity contribution in [2.24, 2.45) is 0 Å². The van der Waals surface area contributed by atoms with Gasteiger partial charge in [-0.1, -0.05) is 23.7 Å². The number of hydrogen-bond donors (Lipinski definition) is 1. The van der Waals surface area contributed by atoms with Gasteiger partial charge in [-0.25, -0.2) is 0 Å². The van der Waals surface area contributed by atoms with Gasteiger partial charge in [0, 0.05) is 10.7 Å². The molecule has 0 fully saturated rings. The van der Waals surface area contributed by atoms with Gasteiger partial charge in [-0.3, -0.25) is 0 Å². The predicted octanol–water partition coefficient (Wildman–Crippen LogP) is 5.03. The first-order chi connectivity index (χ1) is 12.4. The number of alkyl halides is 3. The fourth-order valence-electron chi connectivity index (χ4n) is 2.33. The topological polar surface area (TPSA) is 60.2 Å². The maximum absolute atomic E-state index is 13.1. The second-order valence-corrected chi connectivity index (χ2v) is 5.68. The Labute approximate surface area is 151 Å². The number of nitrogens with one attached hydrogen (secondary N) is 1. The van der Waals surface area contributed by atoms with Gasteiger partial charge < -0.3 is 14.5 Å². The molecule has 0 spiro atoms. The Morgan fingerprint density at radius 3 is 2.65 bits per heavy atom. The Kier molecular flexibility index (Phi) is 5.03. The molecule has 0 saturated carbocycles. The minimum atomic E-state index is -4.54. The smallest absolute Gasteiger partial charge is 0.418 e. The van der Waals surface area contributed by atoms with E-state index in [1.54, 1.807) is 24.3 Å². The van der Waals surface area contributed by atoms with Crippen LogP contribution >= 0.6 is 11.6 Å². The summed E-state index contributed by atoms with van der Waals surface area (Å²) in [5, 5.41) is 10.4. The van der Waals surface area contributed by atoms with Crippen LogP contribution in [0.25, 0.3) is 11.5 Å². The van der Waals surface area contributed by atoms with Gasteiger partial charge in [0.05, 0.1) is 24.8 Å². The summed E-state index contributed by atoms with van der Waals surface area (Å²) < 4.78 is 50.0. The van der Waals surface area contributed by atoms with Crippen molar-refractivity contribution < 1.29 is 22.3 Å². The van der Waals surface area contributed by atoms with Crippen LogP contribution in [-0.2, 0) is 12.7 Å². The Morgan fingerprint density at radius 1 is 1.15 bits per heavy atom. The second-order valence-electron chi connectivity index (χ2n) is 5.24. The molecule has 1 N–H and O–H groups in total. The Morgan fingerprint density at radius 2 is 1.92 bits per heavy atom. The van der Waals surface area contributed by atoms with Gasteiger partial charge in [0.2, 0.25) is 5.89 Å². The van der Waals surface area contributed by atoms with Crippen LogP contribution in [-0.4, -0.2) is 17.3 Å². The number of ether oxygens (including phenoxy) is 1. The molecule has 1 heterocycles. The van der Waals surface area contributed by atoms with E-state index in [-0.39, 0.29) is 29.0 Å². The second kappa shape index (κ2) is 7.25. The zero-order valence-corrected chi connectivity index (χ0v) is 14.2. The van der Waals surface area contributed by atoms with Crippen molar-refractivity contribution in [3.8, 4) is 17.2 Å². The minimum Gasteiger partial charge on any atom is -0.496 e. The number of rotatable bonds is 5. The molecule has 0 aliphatic carbocycles. The molecule has 0 amide bonds. The third-order valence-electron chi connectivity index (χ3n) is 3.52. The van der Waals surface area contributed by atoms with Crippen molar-refractivity contribution in [1.29, 1.82) is 0 Å². The van der Waals surface area contributed by atoms with Crippen molar-refractivity contribution in [3.05, 3.63) is 58.9 Å². The maximum atomic E-state index is 13.1. The highest BCUT2D eigenvalue weighted by Crippen LogP contribution is 2.36. The molecule has 0 saturated heterocycles. The van der Waals surface area contributed by atoms with Gasteiger partial charge in [-0.05, 0) is 30.3 Å². The molecule has 3 aromatic rings. The molecular weight excluding hydrogens is 371 g/mol. The molecule has 0 bridgehead atoms. The van der Waals surface area contributed by atoms with Crippen molar-refractivity contribution in [2.45, 2.75) is 12.7 Å². The Hall–Kier alpha value is -2.74. The lowest BCUT2D eigenvalue weighted by molar-refractivity contribution is -0.137. The van der Waals surface area contributed by atoms with Crippen molar-refractivity contribution >= 4 is 17.3 Å². The molecule has 5 nitrogen and oxygen atoms in total. The van der Waals surface area contributed by atoms with E-state index in [0.29, 0.717) is 11.3 Å². The van der Waals surface area contributed by atoms with Crippen LogP contribution in [0.15, 0.2) is 46.9 Å². The van der Waals surface area contributed by atoms with Crippen molar-refractivity contribution in [1.82, 2.24) is 10.2 Å². The highest BCUT2D eigenvalue weighted by Gasteiger charge is 2.33. The van der Waals surface area contributed by atoms with Gasteiger partial charge >= 0.3 is 6.18 Å². The van der Waals surface area contributed by atoms with E-state index in [9.17, 15) is 13.2 Å². The molecule has 0 unspecified atom stereocenters. The van der Waals surface area contributed by atoms with Crippen LogP contribution in [0.3, 0.4) is 0 Å². The normalized spacial score (nSPS) is 11.4. The van der Waals surface area contributed by atoms with Crippen molar-refractivity contribution in [3.63, 3.8) is 0 Å². The first kappa shape index (κ1) is 18.1. The van der Waals surface area contributed by atoms with E-state index >= 15 is 0 Å². The number of anilines is 1. The average Bonchev–Trinajstić information content (AvgIpc) is 3.08. The summed E-state index contributed by atoms with van der Waals surface area (Å²) in [6, 6.07) is 10.5. The van der Waals surface area contributed by atoms with E-state index in [0.717, 1.165) is 6.07 Å². The van der Waals surface area contributed by atoms with Gasteiger partial charge in [0.1, 0.15) is 5.75 Å². The lowest BCUT2D eigenvalue weighted by Crippen LogP contribution is -2.11. The summed E-state index contributed by atoms with van der Waals surface area (Å²) in [6.45, 7) is -0.0765. The molecule has 2 aromatic carbocycles. The third kappa shape index (κ3) is 3.91. The standard InChI is InChI=1S/C17H13ClF3N3O2/c1-25-14-5-3-2-4-11(14)16-24-23-15(26-16)9-22-13-7-6-10(18)8-12(13)17(19,20)21/h2-8,22H,9H2,1H3. The zero-order chi connectivity index (χ0) is 18.7. The number of aromatic nitrogens is 2. The number of para-hydroxylation sites is 1. The number of hydrogen-bond acceptors (Lipinski definition) is 5. The summed E-state index contributed by atoms with van der Waals surface area (Å²) in [4.78, 5) is 0. The summed E-state index contributed by atoms with van der Waals surface area (Å²) in [5.41, 5.74) is -0.398. The molecule has 0 aliphatic rings. The highest BCUT2D eigenvalue weighted by atomic mass is 35.5. The van der Waals surface area contributed by atoms with Crippen LogP contribution in [0.2, 0.25) is 5.02 Å². The summed E-state index contributed by atoms with van der Waals surface area (Å²) in [7, 11) is 1.51. The summed E-state index contributed by atoms with van der Waals surface area (Å²) >= 11 is 5.66. The third-order valence-corrected chi connectivity index (χ3v) is 3.76. The van der Waals surface area contributed by atoms with Crippen LogP contribution in [0.4, 0.5) is 18.9 Å². The molecule has 0 atom stereocenters. The van der Waals surface area contributed by atoms with Crippen LogP contribution < -0.4 is 10.1 Å². The molecule has 3 rings (SSSR count). The van der Waals surface area contributed by atoms with E-state index in [1.165, 1.54) is 19.2 Å². The molecule has 0 radical (unpaired) electrons. The van der Waals surface area contributed by atoms with Gasteiger partial charge in [-0.15, -0.1) is 10.2 Å². The molecule has 136 valence electrons. The van der Waals surface area contributed by atoms with Crippen LogP contribution in [0.1, 0.15) is 11.5 Å². The molecule has 0 aliphatic heterocycles. The number of nitrogens with zero attached hydrogens (tertiary/aromatic N) is 2. The zero-order valence-electron chi connectivity index (χ0n) is 13.5. The fraction of sp³-hybridized carbons (Fsp3) is 0.176. The van der Waals surface area contributed by atoms with Crippen LogP contribution in [0, 0.1) is 0 Å². The first-order valence-electron chi connectivity index (χ1n) is 7.45. The number of halogens is 4. The lowest BCUT2D eigenvalue weighted by Gasteiger charge is -2.13. The number of benzene rings is 2. The molecular formula is C17H13ClF3N3O2. The Balaban J connectivity index is 1.79. The van der Waals surface area contributed by atoms with Gasteiger partial charge in [0.25, 0.3) is 5.89 Å². The quantitative estimate of drug-likeness (QED) is 0.669. The molecule has 1 aromatic heterocycles. The number of methoxy groups -OCH3 is 1. The van der Waals surface area contributed by atoms with E-state index in [4.69, 9.17) is 20.8 Å². The highest BCUT2D eigenvalue weighted by molar-refractivity contribution is 6.30. The minimum absolute atomic E-state index is 0.000811. The van der Waals surface area contributed by atoms with Gasteiger partial charge in [-0.2, -0.15) is 13.2 Å². The van der Waals surface area contributed by atoms with E-state index < -0.39 is 11.7 Å². The SMILES string of the molecule is COc1ccccc1-c1nnc(CNc2ccc(Cl)cc2C(F)(F)F)o1. The largest absolute Gasteiger partial charge is 0.496 e. The average molecular weight is 384 g/mol. The first-order valence-corrected chi connectivity index (χ1v) is 7.82. The molecule has 26 heavy (non-hydrogen) atoms. The van der Waals surface area contributed by atoms with E-state index in [1.807, 2.05) is 0 Å². The van der Waals surface area contributed by atoms with Gasteiger partial charge in [0.15, 0.2) is 0 Å². The maximum Gasteiger partial charge on any atom is 0.418 e. The van der Waals surface area contributed by atoms with Crippen LogP contribution in [0.5, 0.6) is 5.75 Å². The monoisotopic (exact) mass is 383 g/mol. The molecule has 9 heteroatoms. The Bertz CT molecular complexity index is 912. The van der Waals surface area contributed by atoms with E-state index in [2.05, 4.69) is 15.5 Å².